The summed E-state index contributed by atoms with van der Waals surface area (Å²) < 4.78 is 22.8. The number of amides is 3. The number of halogens is 2. The molecule has 4 saturated heterocycles. The Morgan fingerprint density at radius 2 is 1.58 bits per heavy atom. The summed E-state index contributed by atoms with van der Waals surface area (Å²) in [5, 5.41) is 46.1. The maximum atomic E-state index is 15.6. The van der Waals surface area contributed by atoms with Crippen LogP contribution in [0.5, 0.6) is 17.5 Å². The largest absolute Gasteiger partial charge is 0.494 e. The third kappa shape index (κ3) is 7.63. The van der Waals surface area contributed by atoms with E-state index in [0.717, 1.165) is 68.8 Å². The number of aromatic nitrogens is 3. The molecule has 0 spiro atoms. The molecule has 0 radical (unpaired) electrons. The lowest BCUT2D eigenvalue weighted by atomic mass is 9.93. The standard InChI is InChI=1S/C45H49ClFN9O6/c46-35-13-32(4-1-25(35)16-48)62-31-5-2-30(3-6-31)49-42(58)37-7-9-40(52-51-37)55-20-26-11-24(12-27(26)21-55)17-53-18-28-22-54(23-29(28)19-53)39-15-34-33(14-36(39)47)44(60)56(45(34)61)38-8-10-41(57)50-43(38)59/h1,4,7,9,13-15,24,26-31,38,60-61H,2-3,5-6,8,10-12,17-23H2,(H,49,58)(H,50,57,59)/t24?,26-,27+,28?,29?,30?,31?,38?. The van der Waals surface area contributed by atoms with Crippen molar-refractivity contribution in [3.8, 4) is 23.6 Å². The van der Waals surface area contributed by atoms with Gasteiger partial charge in [-0.2, -0.15) is 5.26 Å². The first-order valence-corrected chi connectivity index (χ1v) is 22.2. The van der Waals surface area contributed by atoms with Crippen molar-refractivity contribution in [2.75, 3.05) is 55.6 Å². The predicted molar refractivity (Wildman–Crippen MR) is 227 cm³/mol. The first-order valence-electron chi connectivity index (χ1n) is 21.8. The van der Waals surface area contributed by atoms with E-state index in [9.17, 15) is 24.6 Å². The third-order valence-electron chi connectivity index (χ3n) is 14.4. The van der Waals surface area contributed by atoms with Gasteiger partial charge in [-0.1, -0.05) is 11.6 Å². The van der Waals surface area contributed by atoms with Crippen LogP contribution >= 0.6 is 11.6 Å². The Bertz CT molecular complexity index is 2440. The SMILES string of the molecule is N#Cc1ccc(OC2CCC(NC(=O)c3ccc(N4C[C@H]5CC(CN6CC7CN(c8cc9c(O)n(C%10CCC(=O)NC%10=O)c(O)c9cc8F)CC7C6)C[C@H]5C4)nn3)CC2)cc1Cl. The number of rotatable bonds is 9. The second kappa shape index (κ2) is 16.2. The summed E-state index contributed by atoms with van der Waals surface area (Å²) >= 11 is 6.16. The maximum absolute atomic E-state index is 15.6. The lowest BCUT2D eigenvalue weighted by molar-refractivity contribution is -0.135. The number of nitrogens with one attached hydrogen (secondary N) is 2. The number of aromatic hydroxyl groups is 2. The molecule has 2 saturated carbocycles. The van der Waals surface area contributed by atoms with Gasteiger partial charge >= 0.3 is 0 Å². The lowest BCUT2D eigenvalue weighted by Gasteiger charge is -2.29. The molecule has 15 nitrogen and oxygen atoms in total. The van der Waals surface area contributed by atoms with Crippen LogP contribution in [-0.4, -0.2) is 106 Å². The number of carbonyl (C=O) groups is 3. The molecule has 4 aliphatic heterocycles. The van der Waals surface area contributed by atoms with Crippen molar-refractivity contribution in [2.45, 2.75) is 69.6 Å². The number of hydrogen-bond donors (Lipinski definition) is 4. The van der Waals surface area contributed by atoms with Gasteiger partial charge in [-0.05, 0) is 111 Å². The van der Waals surface area contributed by atoms with Gasteiger partial charge in [-0.15, -0.1) is 10.2 Å². The van der Waals surface area contributed by atoms with Gasteiger partial charge in [0.25, 0.3) is 5.91 Å². The summed E-state index contributed by atoms with van der Waals surface area (Å²) in [4.78, 5) is 44.2. The molecule has 6 fully saturated rings. The van der Waals surface area contributed by atoms with Gasteiger partial charge in [-0.25, -0.2) is 4.39 Å². The second-order valence-corrected chi connectivity index (χ2v) is 18.7. The molecule has 6 aliphatic rings. The van der Waals surface area contributed by atoms with Crippen molar-refractivity contribution in [1.29, 1.82) is 5.26 Å². The zero-order valence-corrected chi connectivity index (χ0v) is 34.9. The highest BCUT2D eigenvalue weighted by molar-refractivity contribution is 6.31. The van der Waals surface area contributed by atoms with Crippen LogP contribution in [0.4, 0.5) is 15.9 Å². The number of carbonyl (C=O) groups excluding carboxylic acids is 3. The highest BCUT2D eigenvalue weighted by Gasteiger charge is 2.45. The molecule has 4 unspecified atom stereocenters. The highest BCUT2D eigenvalue weighted by atomic mass is 35.5. The molecule has 2 aromatic heterocycles. The molecule has 3 amide bonds. The summed E-state index contributed by atoms with van der Waals surface area (Å²) in [5.74, 6) is 1.61. The van der Waals surface area contributed by atoms with E-state index in [-0.39, 0.29) is 47.5 Å². The smallest absolute Gasteiger partial charge is 0.272 e. The molecule has 2 aliphatic carbocycles. The van der Waals surface area contributed by atoms with Gasteiger partial charge in [0.15, 0.2) is 11.5 Å². The number of imide groups is 1. The fraction of sp³-hybridized carbons (Fsp3) is 0.511. The van der Waals surface area contributed by atoms with Crippen molar-refractivity contribution in [3.63, 3.8) is 0 Å². The van der Waals surface area contributed by atoms with E-state index in [2.05, 4.69) is 36.7 Å². The first kappa shape index (κ1) is 40.4. The molecule has 4 N–H and O–H groups in total. The van der Waals surface area contributed by atoms with Gasteiger partial charge in [0, 0.05) is 69.7 Å². The van der Waals surface area contributed by atoms with E-state index >= 15 is 4.39 Å². The Kier molecular flexibility index (Phi) is 10.6. The Morgan fingerprint density at radius 3 is 2.23 bits per heavy atom. The normalized spacial score (nSPS) is 28.5. The monoisotopic (exact) mass is 865 g/mol. The zero-order valence-electron chi connectivity index (χ0n) is 34.2. The maximum Gasteiger partial charge on any atom is 0.272 e. The predicted octanol–water partition coefficient (Wildman–Crippen LogP) is 5.13. The number of piperidine rings is 1. The van der Waals surface area contributed by atoms with Crippen LogP contribution < -0.4 is 25.2 Å². The van der Waals surface area contributed by atoms with E-state index in [1.165, 1.54) is 18.9 Å². The molecule has 6 heterocycles. The van der Waals surface area contributed by atoms with Crippen LogP contribution in [-0.2, 0) is 9.59 Å². The summed E-state index contributed by atoms with van der Waals surface area (Å²) in [6.07, 6.45) is 5.71. The molecule has 2 aromatic carbocycles. The quantitative estimate of drug-likeness (QED) is 0.163. The minimum Gasteiger partial charge on any atom is -0.494 e. The van der Waals surface area contributed by atoms with Gasteiger partial charge in [0.05, 0.1) is 27.8 Å². The number of nitrogens with zero attached hydrogens (tertiary/aromatic N) is 7. The van der Waals surface area contributed by atoms with Crippen LogP contribution in [0.1, 0.15) is 73.5 Å². The summed E-state index contributed by atoms with van der Waals surface area (Å²) in [6, 6.07) is 12.7. The van der Waals surface area contributed by atoms with Gasteiger partial charge < -0.3 is 35.0 Å². The van der Waals surface area contributed by atoms with Crippen molar-refractivity contribution < 1.29 is 33.7 Å². The number of anilines is 2. The van der Waals surface area contributed by atoms with Gasteiger partial charge in [0.1, 0.15) is 23.7 Å². The molecule has 10 rings (SSSR count). The molecule has 6 atom stereocenters. The topological polar surface area (TPSA) is 189 Å². The molecular formula is C45H49ClFN9O6. The molecule has 17 heteroatoms. The zero-order chi connectivity index (χ0) is 42.8. The van der Waals surface area contributed by atoms with Crippen LogP contribution in [0.2, 0.25) is 5.02 Å². The Hall–Kier alpha value is -5.66. The average molecular weight is 866 g/mol. The molecule has 0 bridgehead atoms. The number of likely N-dealkylation sites (tertiary alicyclic amines) is 1. The van der Waals surface area contributed by atoms with Crippen molar-refractivity contribution in [3.05, 3.63) is 64.6 Å². The lowest BCUT2D eigenvalue weighted by Crippen LogP contribution is -2.41. The third-order valence-corrected chi connectivity index (χ3v) is 14.7. The van der Waals surface area contributed by atoms with Crippen LogP contribution in [0.15, 0.2) is 42.5 Å². The van der Waals surface area contributed by atoms with E-state index in [1.807, 2.05) is 11.0 Å². The fourth-order valence-corrected chi connectivity index (χ4v) is 11.6. The van der Waals surface area contributed by atoms with Crippen LogP contribution in [0, 0.1) is 46.7 Å². The van der Waals surface area contributed by atoms with Crippen LogP contribution in [0.25, 0.3) is 10.8 Å². The molecule has 4 aromatic rings. The van der Waals surface area contributed by atoms with E-state index < -0.39 is 29.6 Å². The average Bonchev–Trinajstić information content (AvgIpc) is 4.06. The minimum atomic E-state index is -0.967. The van der Waals surface area contributed by atoms with E-state index in [4.69, 9.17) is 21.6 Å². The van der Waals surface area contributed by atoms with Crippen molar-refractivity contribution in [1.82, 2.24) is 30.3 Å². The number of nitriles is 1. The van der Waals surface area contributed by atoms with Gasteiger partial charge in [0.2, 0.25) is 23.6 Å². The number of ether oxygens (including phenoxy) is 1. The minimum absolute atomic E-state index is 0.0180. The Balaban J connectivity index is 0.672. The van der Waals surface area contributed by atoms with Crippen molar-refractivity contribution in [2.24, 2.45) is 29.6 Å². The molecule has 62 heavy (non-hydrogen) atoms. The fourth-order valence-electron chi connectivity index (χ4n) is 11.4. The highest BCUT2D eigenvalue weighted by Crippen LogP contribution is 2.46. The first-order chi connectivity index (χ1) is 30.0. The number of hydrogen-bond acceptors (Lipinski definition) is 12. The molecule has 324 valence electrons. The Morgan fingerprint density at radius 1 is 0.887 bits per heavy atom. The second-order valence-electron chi connectivity index (χ2n) is 18.3. The summed E-state index contributed by atoms with van der Waals surface area (Å²) in [5.41, 5.74) is 1.10. The van der Waals surface area contributed by atoms with E-state index in [0.29, 0.717) is 70.4 Å². The van der Waals surface area contributed by atoms with E-state index in [1.54, 1.807) is 30.3 Å². The summed E-state index contributed by atoms with van der Waals surface area (Å²) in [7, 11) is 0. The number of benzene rings is 2. The number of fused-ring (bicyclic) bond motifs is 3. The Labute approximate surface area is 362 Å². The van der Waals surface area contributed by atoms with Crippen LogP contribution in [0.3, 0.4) is 0 Å². The van der Waals surface area contributed by atoms with Gasteiger partial charge in [-0.3, -0.25) is 24.3 Å². The van der Waals surface area contributed by atoms with Crippen molar-refractivity contribution >= 4 is 51.6 Å². The molecular weight excluding hydrogens is 817 g/mol. The summed E-state index contributed by atoms with van der Waals surface area (Å²) in [6.45, 7) is 6.25.